The Hall–Kier alpha value is -1.11. The average molecular weight is 272 g/mol. The van der Waals surface area contributed by atoms with Gasteiger partial charge in [0, 0.05) is 27.3 Å². The topological polar surface area (TPSA) is 67.4 Å². The highest BCUT2D eigenvalue weighted by atomic mass is 32.2. The fraction of sp³-hybridized carbons (Fsp3) is 0.500. The van der Waals surface area contributed by atoms with Crippen molar-refractivity contribution in [2.24, 2.45) is 5.92 Å². The molecule has 0 fully saturated rings. The summed E-state index contributed by atoms with van der Waals surface area (Å²) in [5.41, 5.74) is 0.587. The number of hydrogen-bond acceptors (Lipinski definition) is 4. The highest BCUT2D eigenvalue weighted by molar-refractivity contribution is 7.89. The summed E-state index contributed by atoms with van der Waals surface area (Å²) >= 11 is 0. The van der Waals surface area contributed by atoms with Gasteiger partial charge < -0.3 is 10.1 Å². The lowest BCUT2D eigenvalue weighted by molar-refractivity contribution is 0.161. The lowest BCUT2D eigenvalue weighted by Gasteiger charge is -2.14. The van der Waals surface area contributed by atoms with Crippen LogP contribution in [0, 0.1) is 5.92 Å². The molecule has 18 heavy (non-hydrogen) atoms. The van der Waals surface area contributed by atoms with Crippen LogP contribution in [-0.2, 0) is 14.8 Å². The number of sulfonamides is 1. The number of anilines is 1. The van der Waals surface area contributed by atoms with Crippen molar-refractivity contribution in [3.8, 4) is 0 Å². The van der Waals surface area contributed by atoms with Gasteiger partial charge in [-0.05, 0) is 18.1 Å². The zero-order valence-corrected chi connectivity index (χ0v) is 11.8. The molecule has 1 rings (SSSR count). The van der Waals surface area contributed by atoms with Gasteiger partial charge in [0.2, 0.25) is 10.0 Å². The lowest BCUT2D eigenvalue weighted by Crippen LogP contribution is -2.30. The van der Waals surface area contributed by atoms with E-state index in [9.17, 15) is 8.42 Å². The Morgan fingerprint density at radius 3 is 2.61 bits per heavy atom. The Morgan fingerprint density at radius 1 is 1.33 bits per heavy atom. The number of rotatable bonds is 7. The predicted molar refractivity (Wildman–Crippen MR) is 72.2 cm³/mol. The molecular weight excluding hydrogens is 252 g/mol. The van der Waals surface area contributed by atoms with Crippen molar-refractivity contribution in [2.45, 2.75) is 11.8 Å². The standard InChI is InChI=1S/C12H20N2O3S/c1-10(9-17-3)8-14-18(15,16)12-7-5-4-6-11(12)13-2/h4-7,10,13-14H,8-9H2,1-3H3. The van der Waals surface area contributed by atoms with Gasteiger partial charge in [-0.25, -0.2) is 13.1 Å². The fourth-order valence-corrected chi connectivity index (χ4v) is 2.96. The molecule has 6 heteroatoms. The minimum absolute atomic E-state index is 0.131. The first kappa shape index (κ1) is 14.9. The van der Waals surface area contributed by atoms with Crippen LogP contribution in [-0.4, -0.2) is 35.7 Å². The Bertz CT molecular complexity index is 474. The summed E-state index contributed by atoms with van der Waals surface area (Å²) < 4.78 is 31.8. The van der Waals surface area contributed by atoms with Gasteiger partial charge in [-0.3, -0.25) is 0 Å². The summed E-state index contributed by atoms with van der Waals surface area (Å²) in [6, 6.07) is 6.80. The molecule has 102 valence electrons. The van der Waals surface area contributed by atoms with Crippen LogP contribution in [0.5, 0.6) is 0 Å². The van der Waals surface area contributed by atoms with Gasteiger partial charge in [-0.15, -0.1) is 0 Å². The van der Waals surface area contributed by atoms with Crippen molar-refractivity contribution >= 4 is 15.7 Å². The maximum absolute atomic E-state index is 12.1. The second-order valence-electron chi connectivity index (χ2n) is 4.16. The average Bonchev–Trinajstić information content (AvgIpc) is 2.37. The molecule has 5 nitrogen and oxygen atoms in total. The highest BCUT2D eigenvalue weighted by Crippen LogP contribution is 2.19. The van der Waals surface area contributed by atoms with E-state index < -0.39 is 10.0 Å². The smallest absolute Gasteiger partial charge is 0.242 e. The van der Waals surface area contributed by atoms with Crippen LogP contribution in [0.3, 0.4) is 0 Å². The minimum Gasteiger partial charge on any atom is -0.387 e. The van der Waals surface area contributed by atoms with E-state index in [2.05, 4.69) is 10.0 Å². The SMILES string of the molecule is CNc1ccccc1S(=O)(=O)NCC(C)COC. The zero-order chi connectivity index (χ0) is 13.6. The summed E-state index contributed by atoms with van der Waals surface area (Å²) in [5, 5.41) is 2.87. The quantitative estimate of drug-likeness (QED) is 0.785. The molecule has 1 atom stereocenters. The minimum atomic E-state index is -3.48. The molecule has 0 radical (unpaired) electrons. The summed E-state index contributed by atoms with van der Waals surface area (Å²) in [6.07, 6.45) is 0. The van der Waals surface area contributed by atoms with E-state index in [0.717, 1.165) is 0 Å². The van der Waals surface area contributed by atoms with E-state index in [1.807, 2.05) is 6.92 Å². The zero-order valence-electron chi connectivity index (χ0n) is 10.9. The van der Waals surface area contributed by atoms with E-state index in [-0.39, 0.29) is 10.8 Å². The van der Waals surface area contributed by atoms with Crippen molar-refractivity contribution in [3.05, 3.63) is 24.3 Å². The summed E-state index contributed by atoms with van der Waals surface area (Å²) in [6.45, 7) is 2.81. The Labute approximate surface area is 109 Å². The highest BCUT2D eigenvalue weighted by Gasteiger charge is 2.18. The van der Waals surface area contributed by atoms with Crippen LogP contribution in [0.1, 0.15) is 6.92 Å². The molecule has 0 saturated heterocycles. The van der Waals surface area contributed by atoms with Crippen LogP contribution in [0.25, 0.3) is 0 Å². The monoisotopic (exact) mass is 272 g/mol. The molecular formula is C12H20N2O3S. The van der Waals surface area contributed by atoms with Gasteiger partial charge in [-0.1, -0.05) is 19.1 Å². The Morgan fingerprint density at radius 2 is 2.00 bits per heavy atom. The second kappa shape index (κ2) is 6.72. The third-order valence-electron chi connectivity index (χ3n) is 2.52. The normalized spacial score (nSPS) is 13.3. The van der Waals surface area contributed by atoms with E-state index >= 15 is 0 Å². The van der Waals surface area contributed by atoms with Gasteiger partial charge in [0.15, 0.2) is 0 Å². The summed E-state index contributed by atoms with van der Waals surface area (Å²) in [4.78, 5) is 0.261. The lowest BCUT2D eigenvalue weighted by atomic mass is 10.2. The van der Waals surface area contributed by atoms with Crippen molar-refractivity contribution in [1.29, 1.82) is 0 Å². The largest absolute Gasteiger partial charge is 0.387 e. The molecule has 1 aromatic carbocycles. The Kier molecular flexibility index (Phi) is 5.58. The first-order valence-corrected chi connectivity index (χ1v) is 7.25. The molecule has 0 amide bonds. The molecule has 0 heterocycles. The number of benzene rings is 1. The molecule has 0 bridgehead atoms. The van der Waals surface area contributed by atoms with Crippen molar-refractivity contribution < 1.29 is 13.2 Å². The molecule has 0 saturated carbocycles. The van der Waals surface area contributed by atoms with E-state index in [0.29, 0.717) is 18.8 Å². The molecule has 1 aromatic rings. The number of methoxy groups -OCH3 is 1. The Balaban J connectivity index is 2.80. The predicted octanol–water partition coefficient (Wildman–Crippen LogP) is 1.29. The summed E-state index contributed by atoms with van der Waals surface area (Å²) in [7, 11) is -0.190. The molecule has 0 spiro atoms. The molecule has 0 aromatic heterocycles. The van der Waals surface area contributed by atoms with Gasteiger partial charge >= 0.3 is 0 Å². The van der Waals surface area contributed by atoms with Crippen LogP contribution in [0.2, 0.25) is 0 Å². The number of ether oxygens (including phenoxy) is 1. The maximum atomic E-state index is 12.1. The van der Waals surface area contributed by atoms with Crippen LogP contribution in [0.4, 0.5) is 5.69 Å². The summed E-state index contributed by atoms with van der Waals surface area (Å²) in [5.74, 6) is 0.131. The third-order valence-corrected chi connectivity index (χ3v) is 4.00. The van der Waals surface area contributed by atoms with E-state index in [1.54, 1.807) is 38.4 Å². The van der Waals surface area contributed by atoms with Crippen molar-refractivity contribution in [2.75, 3.05) is 32.6 Å². The molecule has 2 N–H and O–H groups in total. The number of hydrogen-bond donors (Lipinski definition) is 2. The number of nitrogens with one attached hydrogen (secondary N) is 2. The second-order valence-corrected chi connectivity index (χ2v) is 5.89. The van der Waals surface area contributed by atoms with Gasteiger partial charge in [0.1, 0.15) is 4.90 Å². The number of para-hydroxylation sites is 1. The molecule has 0 aliphatic carbocycles. The fourth-order valence-electron chi connectivity index (χ4n) is 1.58. The first-order chi connectivity index (χ1) is 8.51. The third kappa shape index (κ3) is 3.97. The van der Waals surface area contributed by atoms with Crippen molar-refractivity contribution in [3.63, 3.8) is 0 Å². The van der Waals surface area contributed by atoms with Gasteiger partial charge in [0.05, 0.1) is 5.69 Å². The van der Waals surface area contributed by atoms with Crippen molar-refractivity contribution in [1.82, 2.24) is 4.72 Å². The molecule has 0 aliphatic rings. The van der Waals surface area contributed by atoms with E-state index in [1.165, 1.54) is 0 Å². The van der Waals surface area contributed by atoms with Crippen LogP contribution in [0.15, 0.2) is 29.2 Å². The molecule has 1 unspecified atom stereocenters. The first-order valence-electron chi connectivity index (χ1n) is 5.76. The van der Waals surface area contributed by atoms with Gasteiger partial charge in [0.25, 0.3) is 0 Å². The molecule has 0 aliphatic heterocycles. The van der Waals surface area contributed by atoms with Crippen LogP contribution < -0.4 is 10.0 Å². The van der Waals surface area contributed by atoms with Crippen LogP contribution >= 0.6 is 0 Å². The maximum Gasteiger partial charge on any atom is 0.242 e. The van der Waals surface area contributed by atoms with E-state index in [4.69, 9.17) is 4.74 Å². The van der Waals surface area contributed by atoms with Gasteiger partial charge in [-0.2, -0.15) is 0 Å².